The molecule has 0 aliphatic carbocycles. The third-order valence-electron chi connectivity index (χ3n) is 6.50. The van der Waals surface area contributed by atoms with Crippen LogP contribution in [0.2, 0.25) is 0 Å². The fraction of sp³-hybridized carbons (Fsp3) is 0.450. The number of hydrogen-bond acceptors (Lipinski definition) is 13. The van der Waals surface area contributed by atoms with Gasteiger partial charge < -0.3 is 36.1 Å². The molecule has 0 bridgehead atoms. The molecule has 5 N–H and O–H groups in total. The Kier molecular flexibility index (Phi) is 7.29. The van der Waals surface area contributed by atoms with E-state index < -0.39 is 47.2 Å². The van der Waals surface area contributed by atoms with Gasteiger partial charge in [-0.1, -0.05) is 5.16 Å². The van der Waals surface area contributed by atoms with Gasteiger partial charge in [-0.05, 0) is 0 Å². The first-order chi connectivity index (χ1) is 18.7. The van der Waals surface area contributed by atoms with Gasteiger partial charge in [0.2, 0.25) is 23.9 Å². The minimum Gasteiger partial charge on any atom is -0.481 e. The molecule has 0 spiro atoms. The molecule has 0 saturated carbocycles. The lowest BCUT2D eigenvalue weighted by atomic mass is 9.86. The number of aliphatic carboxylic acids is 1. The van der Waals surface area contributed by atoms with Crippen LogP contribution in [0.5, 0.6) is 0 Å². The predicted molar refractivity (Wildman–Crippen MR) is 140 cm³/mol. The molecule has 2 fully saturated rings. The van der Waals surface area contributed by atoms with Gasteiger partial charge in [0.15, 0.2) is 11.0 Å². The number of nitrogens with zero attached hydrogens (tertiary/aromatic N) is 6. The fourth-order valence-electron chi connectivity index (χ4n) is 4.71. The van der Waals surface area contributed by atoms with Crippen LogP contribution in [0.15, 0.2) is 27.6 Å². The zero-order valence-electron chi connectivity index (χ0n) is 20.3. The molecule has 2 saturated heterocycles. The molecule has 4 aliphatic heterocycles. The van der Waals surface area contributed by atoms with Gasteiger partial charge in [-0.2, -0.15) is 9.36 Å². The molecule has 15 nitrogen and oxygen atoms in total. The van der Waals surface area contributed by atoms with E-state index in [2.05, 4.69) is 30.0 Å². The van der Waals surface area contributed by atoms with E-state index in [9.17, 15) is 28.7 Å². The summed E-state index contributed by atoms with van der Waals surface area (Å²) in [5.41, 5.74) is 3.78. The second-order valence-corrected chi connectivity index (χ2v) is 12.6. The SMILES string of the molecule is C[S+]1C=CN2CN(CC3(C(=O)O)CS[C@@H]4[C@H](NC(=O)C(=NOCF)c5nsc(N)n5)C(=O)N4C3)C(NC=O)=C21. The number of carboxylic acids is 1. The highest BCUT2D eigenvalue weighted by molar-refractivity contribution is 8.02. The fourth-order valence-corrected chi connectivity index (χ4v) is 8.11. The Morgan fingerprint density at radius 3 is 2.95 bits per heavy atom. The number of carbonyl (C=O) groups excluding carboxylic acids is 3. The van der Waals surface area contributed by atoms with Gasteiger partial charge in [0.05, 0.1) is 17.1 Å². The van der Waals surface area contributed by atoms with E-state index >= 15 is 0 Å². The number of nitrogen functional groups attached to an aromatic ring is 1. The minimum atomic E-state index is -1.33. The van der Waals surface area contributed by atoms with Gasteiger partial charge in [-0.15, -0.1) is 11.8 Å². The van der Waals surface area contributed by atoms with Crippen molar-refractivity contribution in [1.29, 1.82) is 0 Å². The molecule has 0 aromatic carbocycles. The number of aromatic nitrogens is 2. The molecule has 3 amide bonds. The van der Waals surface area contributed by atoms with E-state index in [1.807, 2.05) is 22.8 Å². The smallest absolute Gasteiger partial charge is 0.314 e. The van der Waals surface area contributed by atoms with Crippen LogP contribution in [-0.4, -0.2) is 109 Å². The maximum atomic E-state index is 13.1. The highest BCUT2D eigenvalue weighted by atomic mass is 32.2. The Balaban J connectivity index is 1.29. The predicted octanol–water partition coefficient (Wildman–Crippen LogP) is -1.58. The van der Waals surface area contributed by atoms with Crippen molar-refractivity contribution in [3.8, 4) is 0 Å². The molecule has 2 unspecified atom stereocenters. The molecule has 5 heterocycles. The van der Waals surface area contributed by atoms with Crippen molar-refractivity contribution in [2.24, 2.45) is 10.6 Å². The number of anilines is 1. The second-order valence-electron chi connectivity index (χ2n) is 8.91. The maximum absolute atomic E-state index is 13.1. The number of fused-ring (bicyclic) bond motifs is 2. The summed E-state index contributed by atoms with van der Waals surface area (Å²) in [6.45, 7) is -0.964. The molecule has 5 rings (SSSR count). The summed E-state index contributed by atoms with van der Waals surface area (Å²) in [5.74, 6) is -1.91. The third-order valence-corrected chi connectivity index (χ3v) is 10.2. The van der Waals surface area contributed by atoms with Gasteiger partial charge in [-0.25, -0.2) is 4.39 Å². The lowest BCUT2D eigenvalue weighted by Gasteiger charge is -2.54. The first-order valence-corrected chi connectivity index (χ1v) is 14.8. The van der Waals surface area contributed by atoms with E-state index in [0.717, 1.165) is 16.6 Å². The number of carboxylic acid groups (broad SMARTS) is 1. The number of β-lactam (4-membered cyclic amide) rings is 1. The van der Waals surface area contributed by atoms with E-state index in [4.69, 9.17) is 5.73 Å². The zero-order chi connectivity index (χ0) is 27.9. The first-order valence-electron chi connectivity index (χ1n) is 11.3. The van der Waals surface area contributed by atoms with E-state index in [0.29, 0.717) is 18.9 Å². The number of oxime groups is 1. The highest BCUT2D eigenvalue weighted by Crippen LogP contribution is 2.44. The number of hydrogen-bond donors (Lipinski definition) is 4. The first kappa shape index (κ1) is 27.0. The number of nitrogens with two attached hydrogens (primary N) is 1. The summed E-state index contributed by atoms with van der Waals surface area (Å²) in [7, 11) is -0.248. The van der Waals surface area contributed by atoms with Crippen molar-refractivity contribution < 1.29 is 33.5 Å². The lowest BCUT2D eigenvalue weighted by Crippen LogP contribution is -2.74. The molecule has 19 heteroatoms. The van der Waals surface area contributed by atoms with Crippen LogP contribution in [0, 0.1) is 5.41 Å². The average Bonchev–Trinajstić information content (AvgIpc) is 3.59. The van der Waals surface area contributed by atoms with Crippen molar-refractivity contribution in [3.63, 3.8) is 0 Å². The summed E-state index contributed by atoms with van der Waals surface area (Å²) in [6.07, 6.45) is 4.47. The zero-order valence-corrected chi connectivity index (χ0v) is 22.7. The molecular formula is C20H23FN9O6S3+. The second kappa shape index (κ2) is 10.5. The highest BCUT2D eigenvalue weighted by Gasteiger charge is 2.59. The largest absolute Gasteiger partial charge is 0.481 e. The van der Waals surface area contributed by atoms with Crippen molar-refractivity contribution >= 4 is 69.2 Å². The number of nitrogens with one attached hydrogen (secondary N) is 2. The van der Waals surface area contributed by atoms with E-state index in [1.54, 1.807) is 4.90 Å². The van der Waals surface area contributed by atoms with Crippen LogP contribution in [0.1, 0.15) is 5.82 Å². The number of halogens is 1. The summed E-state index contributed by atoms with van der Waals surface area (Å²) < 4.78 is 16.4. The topological polar surface area (TPSA) is 196 Å². The van der Waals surface area contributed by atoms with Crippen molar-refractivity contribution in [1.82, 2.24) is 34.7 Å². The molecule has 1 aromatic heterocycles. The van der Waals surface area contributed by atoms with Crippen LogP contribution in [0.25, 0.3) is 0 Å². The van der Waals surface area contributed by atoms with Crippen LogP contribution in [-0.2, 0) is 34.9 Å². The summed E-state index contributed by atoms with van der Waals surface area (Å²) in [5, 5.41) is 21.4. The molecule has 4 atom stereocenters. The normalized spacial score (nSPS) is 27.7. The Hall–Kier alpha value is -3.58. The number of rotatable bonds is 10. The molecule has 0 radical (unpaired) electrons. The Morgan fingerprint density at radius 2 is 2.28 bits per heavy atom. The Bertz CT molecular complexity index is 1310. The van der Waals surface area contributed by atoms with Crippen molar-refractivity contribution in [2.75, 3.05) is 44.4 Å². The van der Waals surface area contributed by atoms with Gasteiger partial charge in [-0.3, -0.25) is 24.1 Å². The number of thioether (sulfide) groups is 1. The summed E-state index contributed by atoms with van der Waals surface area (Å²) >= 11 is 2.02. The van der Waals surface area contributed by atoms with Crippen LogP contribution in [0.4, 0.5) is 9.52 Å². The van der Waals surface area contributed by atoms with Crippen molar-refractivity contribution in [3.05, 3.63) is 28.3 Å². The monoisotopic (exact) mass is 600 g/mol. The minimum absolute atomic E-state index is 0.0519. The van der Waals surface area contributed by atoms with Crippen molar-refractivity contribution in [2.45, 2.75) is 11.4 Å². The quantitative estimate of drug-likeness (QED) is 0.0792. The van der Waals surface area contributed by atoms with E-state index in [-0.39, 0.29) is 40.7 Å². The average molecular weight is 601 g/mol. The molecule has 1 aromatic rings. The van der Waals surface area contributed by atoms with Crippen LogP contribution < -0.4 is 16.4 Å². The lowest BCUT2D eigenvalue weighted by molar-refractivity contribution is -0.159. The number of carbonyl (C=O) groups is 4. The van der Waals surface area contributed by atoms with Gasteiger partial charge in [0.25, 0.3) is 17.8 Å². The Morgan fingerprint density at radius 1 is 1.49 bits per heavy atom. The standard InChI is InChI=1S/C20H22FN9O6S3/c1-39-3-2-28-9-29(13(17(28)39)23-8-31)4-20(18(34)35)5-30-15(33)11(16(30)37-6-20)24-14(32)10(26-36-7-21)12-25-19(22)38-27-12/h2-3,8,11,16H,4-7,9H2,1H3,(H4-,22,23,24,25,27,31,32,34,35)/p+1/t11-,16-,20?,39?/m1/s1. The van der Waals surface area contributed by atoms with Gasteiger partial charge >= 0.3 is 5.97 Å². The molecule has 4 aliphatic rings. The van der Waals surface area contributed by atoms with Gasteiger partial charge in [0.1, 0.15) is 35.2 Å². The van der Waals surface area contributed by atoms with Crippen LogP contribution in [0.3, 0.4) is 0 Å². The van der Waals surface area contributed by atoms with Gasteiger partial charge in [0, 0.05) is 30.4 Å². The summed E-state index contributed by atoms with van der Waals surface area (Å²) in [6, 6.07) is -0.972. The summed E-state index contributed by atoms with van der Waals surface area (Å²) in [4.78, 5) is 63.2. The third kappa shape index (κ3) is 4.73. The van der Waals surface area contributed by atoms with E-state index in [1.165, 1.54) is 16.7 Å². The maximum Gasteiger partial charge on any atom is 0.314 e. The Labute approximate surface area is 231 Å². The van der Waals surface area contributed by atoms with Crippen LogP contribution >= 0.6 is 23.3 Å². The molecule has 39 heavy (non-hydrogen) atoms. The molecular weight excluding hydrogens is 577 g/mol. The molecule has 208 valence electrons. The number of amides is 3. The number of alkyl halides is 1.